The molecule has 1 atom stereocenters. The van der Waals surface area contributed by atoms with Crippen molar-refractivity contribution >= 4 is 5.91 Å². The van der Waals surface area contributed by atoms with Crippen molar-refractivity contribution in [2.45, 2.75) is 63.3 Å². The second-order valence-corrected chi connectivity index (χ2v) is 6.20. The van der Waals surface area contributed by atoms with Gasteiger partial charge in [0.05, 0.1) is 5.41 Å². The second-order valence-electron chi connectivity index (χ2n) is 6.20. The lowest BCUT2D eigenvalue weighted by molar-refractivity contribution is -0.127. The molecule has 0 bridgehead atoms. The summed E-state index contributed by atoms with van der Waals surface area (Å²) in [6.07, 6.45) is 7.39. The lowest BCUT2D eigenvalue weighted by atomic mass is 9.77. The third-order valence-electron chi connectivity index (χ3n) is 4.74. The van der Waals surface area contributed by atoms with E-state index in [4.69, 9.17) is 5.73 Å². The van der Waals surface area contributed by atoms with Gasteiger partial charge in [0.2, 0.25) is 5.91 Å². The number of hydrogen-bond acceptors (Lipinski definition) is 2. The van der Waals surface area contributed by atoms with Crippen LogP contribution in [0.5, 0.6) is 0 Å². The van der Waals surface area contributed by atoms with Gasteiger partial charge in [0, 0.05) is 12.6 Å². The lowest BCUT2D eigenvalue weighted by Gasteiger charge is -2.30. The normalized spacial score (nSPS) is 18.4. The van der Waals surface area contributed by atoms with E-state index in [2.05, 4.69) is 24.4 Å². The predicted molar refractivity (Wildman–Crippen MR) is 87.1 cm³/mol. The number of benzene rings is 1. The van der Waals surface area contributed by atoms with E-state index in [1.165, 1.54) is 0 Å². The number of carbonyl (C=O) groups is 1. The van der Waals surface area contributed by atoms with Crippen molar-refractivity contribution in [3.63, 3.8) is 0 Å². The summed E-state index contributed by atoms with van der Waals surface area (Å²) in [7, 11) is 0. The number of unbranched alkanes of at least 4 members (excludes halogenated alkanes) is 1. The minimum Gasteiger partial charge on any atom is -0.351 e. The Balaban J connectivity index is 2.13. The average Bonchev–Trinajstić information content (AvgIpc) is 3.03. The summed E-state index contributed by atoms with van der Waals surface area (Å²) in [6, 6.07) is 10.4. The lowest BCUT2D eigenvalue weighted by Crippen LogP contribution is -2.49. The average molecular weight is 288 g/mol. The number of amides is 1. The fourth-order valence-electron chi connectivity index (χ4n) is 3.41. The highest BCUT2D eigenvalue weighted by molar-refractivity contribution is 5.88. The Kier molecular flexibility index (Phi) is 5.80. The van der Waals surface area contributed by atoms with E-state index in [0.29, 0.717) is 6.54 Å². The van der Waals surface area contributed by atoms with Crippen molar-refractivity contribution in [3.05, 3.63) is 35.9 Å². The summed E-state index contributed by atoms with van der Waals surface area (Å²) in [4.78, 5) is 12.9. The molecule has 0 aromatic heterocycles. The monoisotopic (exact) mass is 288 g/mol. The van der Waals surface area contributed by atoms with Crippen LogP contribution in [-0.2, 0) is 10.2 Å². The Hall–Kier alpha value is -1.35. The van der Waals surface area contributed by atoms with E-state index >= 15 is 0 Å². The van der Waals surface area contributed by atoms with E-state index in [1.54, 1.807) is 0 Å². The maximum absolute atomic E-state index is 12.9. The highest BCUT2D eigenvalue weighted by Gasteiger charge is 2.42. The van der Waals surface area contributed by atoms with Gasteiger partial charge in [0.15, 0.2) is 0 Å². The molecular weight excluding hydrogens is 260 g/mol. The summed E-state index contributed by atoms with van der Waals surface area (Å²) in [5.41, 5.74) is 6.65. The molecule has 1 fully saturated rings. The molecule has 1 aliphatic rings. The van der Waals surface area contributed by atoms with Gasteiger partial charge in [-0.05, 0) is 24.8 Å². The van der Waals surface area contributed by atoms with Crippen molar-refractivity contribution in [2.24, 2.45) is 5.73 Å². The summed E-state index contributed by atoms with van der Waals surface area (Å²) >= 11 is 0. The molecule has 0 radical (unpaired) electrons. The summed E-state index contributed by atoms with van der Waals surface area (Å²) < 4.78 is 0. The van der Waals surface area contributed by atoms with Crippen molar-refractivity contribution in [1.82, 2.24) is 5.32 Å². The first-order valence-corrected chi connectivity index (χ1v) is 8.29. The molecule has 3 nitrogen and oxygen atoms in total. The fourth-order valence-corrected chi connectivity index (χ4v) is 3.41. The number of rotatable bonds is 7. The van der Waals surface area contributed by atoms with E-state index in [0.717, 1.165) is 50.5 Å². The molecule has 1 saturated carbocycles. The Bertz CT molecular complexity index is 438. The third kappa shape index (κ3) is 3.65. The van der Waals surface area contributed by atoms with Gasteiger partial charge in [0.25, 0.3) is 0 Å². The van der Waals surface area contributed by atoms with Crippen LogP contribution in [0.2, 0.25) is 0 Å². The minimum absolute atomic E-state index is 0.110. The molecule has 0 saturated heterocycles. The van der Waals surface area contributed by atoms with E-state index < -0.39 is 0 Å². The van der Waals surface area contributed by atoms with Crippen LogP contribution in [0.15, 0.2) is 30.3 Å². The molecule has 116 valence electrons. The molecule has 0 spiro atoms. The summed E-state index contributed by atoms with van der Waals surface area (Å²) in [5.74, 6) is 0.178. The maximum Gasteiger partial charge on any atom is 0.230 e. The fraction of sp³-hybridized carbons (Fsp3) is 0.611. The smallest absolute Gasteiger partial charge is 0.230 e. The molecule has 1 amide bonds. The predicted octanol–water partition coefficient (Wildman–Crippen LogP) is 3.13. The van der Waals surface area contributed by atoms with Crippen molar-refractivity contribution < 1.29 is 4.79 Å². The summed E-state index contributed by atoms with van der Waals surface area (Å²) in [5, 5.41) is 3.22. The van der Waals surface area contributed by atoms with Gasteiger partial charge in [-0.15, -0.1) is 0 Å². The number of hydrogen-bond donors (Lipinski definition) is 2. The molecule has 2 rings (SSSR count). The molecule has 3 heteroatoms. The Labute approximate surface area is 128 Å². The SMILES string of the molecule is CCCCC(CN)NC(=O)C1(c2ccccc2)CCCC1. The first kappa shape index (κ1) is 16.0. The molecule has 0 aliphatic heterocycles. The minimum atomic E-state index is -0.332. The van der Waals surface area contributed by atoms with Crippen molar-refractivity contribution in [3.8, 4) is 0 Å². The highest BCUT2D eigenvalue weighted by atomic mass is 16.2. The van der Waals surface area contributed by atoms with Crippen LogP contribution in [0.25, 0.3) is 0 Å². The first-order valence-electron chi connectivity index (χ1n) is 8.29. The summed E-state index contributed by atoms with van der Waals surface area (Å²) in [6.45, 7) is 2.69. The highest BCUT2D eigenvalue weighted by Crippen LogP contribution is 2.41. The van der Waals surface area contributed by atoms with Gasteiger partial charge < -0.3 is 11.1 Å². The van der Waals surface area contributed by atoms with E-state index in [9.17, 15) is 4.79 Å². The zero-order valence-corrected chi connectivity index (χ0v) is 13.1. The van der Waals surface area contributed by atoms with Gasteiger partial charge in [-0.25, -0.2) is 0 Å². The molecular formula is C18H28N2O. The third-order valence-corrected chi connectivity index (χ3v) is 4.74. The molecule has 1 aromatic carbocycles. The Morgan fingerprint density at radius 3 is 2.52 bits per heavy atom. The zero-order valence-electron chi connectivity index (χ0n) is 13.1. The molecule has 1 aromatic rings. The van der Waals surface area contributed by atoms with Crippen LogP contribution in [0, 0.1) is 0 Å². The standard InChI is InChI=1S/C18H28N2O/c1-2-3-11-16(14-19)20-17(21)18(12-7-8-13-18)15-9-5-4-6-10-15/h4-6,9-10,16H,2-3,7-8,11-14,19H2,1H3,(H,20,21). The van der Waals surface area contributed by atoms with Crippen LogP contribution >= 0.6 is 0 Å². The zero-order chi connectivity index (χ0) is 15.1. The Morgan fingerprint density at radius 2 is 1.95 bits per heavy atom. The van der Waals surface area contributed by atoms with Gasteiger partial charge in [0.1, 0.15) is 0 Å². The molecule has 0 heterocycles. The van der Waals surface area contributed by atoms with Crippen LogP contribution in [0.3, 0.4) is 0 Å². The van der Waals surface area contributed by atoms with Gasteiger partial charge in [-0.2, -0.15) is 0 Å². The topological polar surface area (TPSA) is 55.1 Å². The van der Waals surface area contributed by atoms with Gasteiger partial charge in [-0.1, -0.05) is 62.9 Å². The number of nitrogens with two attached hydrogens (primary N) is 1. The van der Waals surface area contributed by atoms with E-state index in [1.807, 2.05) is 18.2 Å². The second kappa shape index (κ2) is 7.60. The molecule has 3 N–H and O–H groups in total. The van der Waals surface area contributed by atoms with Crippen LogP contribution in [0.4, 0.5) is 0 Å². The Morgan fingerprint density at radius 1 is 1.29 bits per heavy atom. The van der Waals surface area contributed by atoms with Crippen molar-refractivity contribution in [1.29, 1.82) is 0 Å². The largest absolute Gasteiger partial charge is 0.351 e. The molecule has 1 unspecified atom stereocenters. The van der Waals surface area contributed by atoms with Crippen LogP contribution in [0.1, 0.15) is 57.4 Å². The van der Waals surface area contributed by atoms with Crippen molar-refractivity contribution in [2.75, 3.05) is 6.54 Å². The quantitative estimate of drug-likeness (QED) is 0.810. The number of carbonyl (C=O) groups excluding carboxylic acids is 1. The maximum atomic E-state index is 12.9. The number of nitrogens with one attached hydrogen (secondary N) is 1. The van der Waals surface area contributed by atoms with E-state index in [-0.39, 0.29) is 17.4 Å². The van der Waals surface area contributed by atoms with Crippen LogP contribution < -0.4 is 11.1 Å². The molecule has 1 aliphatic carbocycles. The van der Waals surface area contributed by atoms with Gasteiger partial charge >= 0.3 is 0 Å². The van der Waals surface area contributed by atoms with Gasteiger partial charge in [-0.3, -0.25) is 4.79 Å². The first-order chi connectivity index (χ1) is 10.2. The molecule has 21 heavy (non-hydrogen) atoms. The van der Waals surface area contributed by atoms with Crippen LogP contribution in [-0.4, -0.2) is 18.5 Å².